The first-order chi connectivity index (χ1) is 35.6. The van der Waals surface area contributed by atoms with Crippen molar-refractivity contribution < 1.29 is 46.0 Å². The first-order valence-corrected chi connectivity index (χ1v) is 26.7. The van der Waals surface area contributed by atoms with Gasteiger partial charge in [-0.15, -0.1) is 20.4 Å². The molecule has 0 unspecified atom stereocenters. The van der Waals surface area contributed by atoms with Gasteiger partial charge in [-0.05, 0) is 116 Å². The van der Waals surface area contributed by atoms with Crippen LogP contribution in [-0.4, -0.2) is 125 Å². The molecule has 78 heavy (non-hydrogen) atoms. The summed E-state index contributed by atoms with van der Waals surface area (Å²) in [6, 6.07) is 14.7. The number of aliphatic hydroxyl groups is 2. The number of benzene rings is 2. The summed E-state index contributed by atoms with van der Waals surface area (Å²) in [5.74, 6) is 2.87. The number of halogens is 1. The SMILES string of the molecule is C.C.C.COc1cccc(OC)c1-n1c(Br)nnc1-c1cncc(C)c1.COc1cccc(OC)c1-n1c(CS(=O)(=O)[C@@H](C)[C@H](O)c2ncc(C)cn2)nnc1-c1cncc(C)c1.Cc1cnc([C@@H](O)[C@H](C)S(N)(=O)=O)nc1. The fourth-order valence-electron chi connectivity index (χ4n) is 7.16. The van der Waals surface area contributed by atoms with Crippen molar-refractivity contribution in [3.8, 4) is 57.1 Å². The number of pyridine rings is 2. The van der Waals surface area contributed by atoms with Gasteiger partial charge in [-0.25, -0.2) is 41.9 Å². The standard InChI is InChI=1S/C25H28N6O5S.C16H15BrN4O2.C8H13N3O3S.3CH4/c1-15-9-18(13-26-10-15)25-30-29-21(31(25)22-19(35-4)7-6-8-20(22)36-5)14-37(33,34)17(3)23(32)24-27-11-16(2)12-28-24;1-10-7-11(9-18-8-10)15-19-20-16(17)21(15)14-12(22-2)5-4-6-13(14)23-3;1-5-3-10-8(11-4-5)7(12)6(2)15(9,13)14;;;/h6-13,17,23,32H,14H2,1-5H3;4-9H,1-3H3;3-4,6-7,12H,1-2H3,(H2,9,13,14);3*1H4/t17-,23-;;6-,7-;;;/m0.0.../s1. The average Bonchev–Trinajstić information content (AvgIpc) is 4.02. The Morgan fingerprint density at radius 2 is 0.923 bits per heavy atom. The smallest absolute Gasteiger partial charge is 0.214 e. The van der Waals surface area contributed by atoms with E-state index in [2.05, 4.69) is 66.2 Å². The van der Waals surface area contributed by atoms with Gasteiger partial charge in [0.25, 0.3) is 0 Å². The number of aliphatic hydroxyl groups excluding tert-OH is 2. The van der Waals surface area contributed by atoms with E-state index in [9.17, 15) is 27.0 Å². The fraction of sp³-hybridized carbons (Fsp3) is 0.346. The van der Waals surface area contributed by atoms with Crippen LogP contribution in [0, 0.1) is 27.7 Å². The van der Waals surface area contributed by atoms with Gasteiger partial charge in [0.1, 0.15) is 57.6 Å². The van der Waals surface area contributed by atoms with Crippen LogP contribution in [0.2, 0.25) is 0 Å². The molecule has 8 aromatic rings. The Morgan fingerprint density at radius 3 is 1.31 bits per heavy atom. The number of nitrogens with two attached hydrogens (primary N) is 1. The summed E-state index contributed by atoms with van der Waals surface area (Å²) in [5.41, 5.74) is 6.21. The van der Waals surface area contributed by atoms with Crippen molar-refractivity contribution in [2.75, 3.05) is 28.4 Å². The molecule has 0 aliphatic carbocycles. The number of aryl methyl sites for hydroxylation is 4. The average molecular weight is 1180 g/mol. The molecule has 8 rings (SSSR count). The van der Waals surface area contributed by atoms with Crippen molar-refractivity contribution >= 4 is 35.8 Å². The maximum Gasteiger partial charge on any atom is 0.214 e. The fourth-order valence-corrected chi connectivity index (χ4v) is 9.39. The molecule has 420 valence electrons. The van der Waals surface area contributed by atoms with Crippen molar-refractivity contribution in [2.24, 2.45) is 5.14 Å². The van der Waals surface area contributed by atoms with Gasteiger partial charge in [0.2, 0.25) is 14.8 Å². The van der Waals surface area contributed by atoms with Gasteiger partial charge in [-0.1, -0.05) is 34.4 Å². The molecule has 4 atom stereocenters. The Labute approximate surface area is 464 Å². The second-order valence-electron chi connectivity index (χ2n) is 16.9. The zero-order valence-corrected chi connectivity index (χ0v) is 45.8. The lowest BCUT2D eigenvalue weighted by Gasteiger charge is -2.20. The van der Waals surface area contributed by atoms with Crippen LogP contribution < -0.4 is 24.1 Å². The number of hydrogen-bond acceptors (Lipinski definition) is 20. The highest BCUT2D eigenvalue weighted by atomic mass is 79.9. The van der Waals surface area contributed by atoms with Crippen molar-refractivity contribution in [3.05, 3.63) is 143 Å². The third-order valence-corrected chi connectivity index (χ3v) is 15.2. The monoisotopic (exact) mass is 1180 g/mol. The van der Waals surface area contributed by atoms with Crippen molar-refractivity contribution in [1.29, 1.82) is 0 Å². The predicted molar refractivity (Wildman–Crippen MR) is 301 cm³/mol. The summed E-state index contributed by atoms with van der Waals surface area (Å²) < 4.78 is 75.1. The molecular weight excluding hydrogens is 1110 g/mol. The first-order valence-electron chi connectivity index (χ1n) is 22.6. The summed E-state index contributed by atoms with van der Waals surface area (Å²) >= 11 is 3.45. The minimum atomic E-state index is -3.97. The number of aromatic nitrogens is 12. The van der Waals surface area contributed by atoms with Gasteiger partial charge in [-0.3, -0.25) is 19.1 Å². The predicted octanol–water partition coefficient (Wildman–Crippen LogP) is 7.61. The van der Waals surface area contributed by atoms with E-state index in [0.29, 0.717) is 50.6 Å². The molecule has 2 aromatic carbocycles. The molecule has 23 nitrogen and oxygen atoms in total. The number of nitrogens with zero attached hydrogens (tertiary/aromatic N) is 12. The first kappa shape index (κ1) is 64.9. The Kier molecular flexibility index (Phi) is 23.6. The molecule has 6 heterocycles. The number of methoxy groups -OCH3 is 4. The summed E-state index contributed by atoms with van der Waals surface area (Å²) in [5, 5.41) is 39.9. The van der Waals surface area contributed by atoms with E-state index in [0.717, 1.165) is 33.5 Å². The maximum atomic E-state index is 13.5. The van der Waals surface area contributed by atoms with Gasteiger partial charge < -0.3 is 29.2 Å². The molecule has 0 aliphatic heterocycles. The van der Waals surface area contributed by atoms with E-state index >= 15 is 0 Å². The van der Waals surface area contributed by atoms with Gasteiger partial charge in [0.15, 0.2) is 39.0 Å². The number of rotatable bonds is 16. The van der Waals surface area contributed by atoms with Gasteiger partial charge in [0.05, 0.1) is 33.7 Å². The third kappa shape index (κ3) is 15.2. The normalized spacial score (nSPS) is 12.5. The third-order valence-electron chi connectivity index (χ3n) is 11.3. The highest BCUT2D eigenvalue weighted by Crippen LogP contribution is 2.39. The topological polar surface area (TPSA) is 310 Å². The lowest BCUT2D eigenvalue weighted by atomic mass is 10.2. The highest BCUT2D eigenvalue weighted by molar-refractivity contribution is 9.10. The van der Waals surface area contributed by atoms with Crippen molar-refractivity contribution in [3.63, 3.8) is 0 Å². The van der Waals surface area contributed by atoms with Crippen LogP contribution in [-0.2, 0) is 25.6 Å². The van der Waals surface area contributed by atoms with Crippen molar-refractivity contribution in [1.82, 2.24) is 59.4 Å². The summed E-state index contributed by atoms with van der Waals surface area (Å²) in [4.78, 5) is 24.3. The summed E-state index contributed by atoms with van der Waals surface area (Å²) in [7, 11) is -1.51. The van der Waals surface area contributed by atoms with Crippen LogP contribution in [0.5, 0.6) is 23.0 Å². The number of sulfonamides is 1. The molecule has 6 aromatic heterocycles. The zero-order chi connectivity index (χ0) is 54.8. The van der Waals surface area contributed by atoms with Crippen LogP contribution in [0.1, 0.15) is 88.1 Å². The van der Waals surface area contributed by atoms with Crippen LogP contribution in [0.15, 0.2) is 103 Å². The van der Waals surface area contributed by atoms with E-state index < -0.39 is 48.3 Å². The van der Waals surface area contributed by atoms with E-state index in [1.807, 2.05) is 48.7 Å². The summed E-state index contributed by atoms with van der Waals surface area (Å²) in [6.07, 6.45) is 10.2. The number of ether oxygens (including phenoxy) is 4. The number of hydrogen-bond donors (Lipinski definition) is 3. The second kappa shape index (κ2) is 28.3. The van der Waals surface area contributed by atoms with E-state index in [-0.39, 0.29) is 39.8 Å². The Bertz CT molecular complexity index is 3410. The highest BCUT2D eigenvalue weighted by Gasteiger charge is 2.34. The van der Waals surface area contributed by atoms with E-state index in [1.54, 1.807) is 75.6 Å². The number of primary sulfonamides is 1. The number of sulfone groups is 1. The van der Waals surface area contributed by atoms with Crippen LogP contribution >= 0.6 is 15.9 Å². The second-order valence-corrected chi connectivity index (χ2v) is 21.8. The zero-order valence-electron chi connectivity index (χ0n) is 42.6. The van der Waals surface area contributed by atoms with Crippen LogP contribution in [0.4, 0.5) is 0 Å². The van der Waals surface area contributed by atoms with Crippen molar-refractivity contribution in [2.45, 2.75) is 92.3 Å². The minimum Gasteiger partial charge on any atom is -0.494 e. The lowest BCUT2D eigenvalue weighted by molar-refractivity contribution is 0.165. The molecule has 0 fully saturated rings. The molecule has 0 radical (unpaired) electrons. The van der Waals surface area contributed by atoms with Crippen LogP contribution in [0.3, 0.4) is 0 Å². The molecule has 26 heteroatoms. The van der Waals surface area contributed by atoms with E-state index in [4.69, 9.17) is 24.1 Å². The molecule has 4 N–H and O–H groups in total. The largest absolute Gasteiger partial charge is 0.494 e. The molecule has 0 amide bonds. The molecule has 0 aliphatic rings. The van der Waals surface area contributed by atoms with E-state index in [1.165, 1.54) is 52.9 Å². The molecule has 0 saturated heterocycles. The minimum absolute atomic E-state index is 0. The Balaban J connectivity index is 0.000000334. The van der Waals surface area contributed by atoms with Gasteiger partial charge in [0, 0.05) is 60.7 Å². The Morgan fingerprint density at radius 1 is 0.551 bits per heavy atom. The van der Waals surface area contributed by atoms with Gasteiger partial charge in [-0.2, -0.15) is 0 Å². The maximum absolute atomic E-state index is 13.5. The lowest BCUT2D eigenvalue weighted by Crippen LogP contribution is -2.32. The number of para-hydroxylation sites is 2. The van der Waals surface area contributed by atoms with Gasteiger partial charge >= 0.3 is 0 Å². The molecule has 0 bridgehead atoms. The summed E-state index contributed by atoms with van der Waals surface area (Å²) in [6.45, 7) is 10.2. The molecular formula is C52H68BrN13O10S2. The van der Waals surface area contributed by atoms with Crippen LogP contribution in [0.25, 0.3) is 34.2 Å². The quantitative estimate of drug-likeness (QED) is 0.0838. The Hall–Kier alpha value is -7.36. The molecule has 0 spiro atoms. The molecule has 0 saturated carbocycles.